The van der Waals surface area contributed by atoms with Gasteiger partial charge in [-0.1, -0.05) is 29.8 Å². The molecule has 1 aliphatic heterocycles. The fourth-order valence-corrected chi connectivity index (χ4v) is 4.47. The lowest BCUT2D eigenvalue weighted by Crippen LogP contribution is -2.16. The lowest BCUT2D eigenvalue weighted by Gasteiger charge is -2.15. The molecule has 0 spiro atoms. The van der Waals surface area contributed by atoms with Gasteiger partial charge in [0.1, 0.15) is 0 Å². The SMILES string of the molecule is [C-]#[N+]/C(C#N)=C(/C#N)c1sc(N2CCCC2)c([N+]#[C-])c1-c1ccc(C)cc1. The molecule has 0 atom stereocenters. The number of aryl methyl sites for hydroxylation is 1. The minimum atomic E-state index is -0.239. The van der Waals surface area contributed by atoms with Crippen LogP contribution in [0, 0.1) is 42.7 Å². The predicted molar refractivity (Wildman–Crippen MR) is 107 cm³/mol. The summed E-state index contributed by atoms with van der Waals surface area (Å²) in [5.74, 6) is 0. The van der Waals surface area contributed by atoms with Gasteiger partial charge in [-0.15, -0.1) is 11.3 Å². The Morgan fingerprint density at radius 3 is 2.30 bits per heavy atom. The standard InChI is InChI=1S/C21H15N5S/c1-14-6-8-15(9-7-14)18-19(25-3)21(26-10-4-5-11-26)27-20(18)16(12-22)17(13-23)24-2/h6-9H,4-5,10-11H2,1H3/b17-16-. The highest BCUT2D eigenvalue weighted by Crippen LogP contribution is 2.51. The summed E-state index contributed by atoms with van der Waals surface area (Å²) < 4.78 is 0. The Kier molecular flexibility index (Phi) is 5.23. The lowest BCUT2D eigenvalue weighted by atomic mass is 9.99. The maximum Gasteiger partial charge on any atom is 0.280 e. The molecule has 0 radical (unpaired) electrons. The minimum Gasteiger partial charge on any atom is -0.372 e. The van der Waals surface area contributed by atoms with Gasteiger partial charge in [0.25, 0.3) is 5.70 Å². The quantitative estimate of drug-likeness (QED) is 0.526. The molecule has 0 saturated carbocycles. The molecule has 1 aromatic carbocycles. The van der Waals surface area contributed by atoms with E-state index in [-0.39, 0.29) is 11.3 Å². The topological polar surface area (TPSA) is 59.5 Å². The van der Waals surface area contributed by atoms with Crippen molar-refractivity contribution in [1.29, 1.82) is 10.5 Å². The maximum absolute atomic E-state index is 9.68. The van der Waals surface area contributed by atoms with Crippen molar-refractivity contribution in [2.24, 2.45) is 0 Å². The molecule has 5 nitrogen and oxygen atoms in total. The van der Waals surface area contributed by atoms with E-state index < -0.39 is 0 Å². The Hall–Kier alpha value is -3.58. The molecule has 1 saturated heterocycles. The van der Waals surface area contributed by atoms with Crippen LogP contribution in [0.5, 0.6) is 0 Å². The van der Waals surface area contributed by atoms with Crippen LogP contribution in [0.4, 0.5) is 10.7 Å². The monoisotopic (exact) mass is 369 g/mol. The summed E-state index contributed by atoms with van der Waals surface area (Å²) >= 11 is 1.34. The number of nitrogens with zero attached hydrogens (tertiary/aromatic N) is 5. The maximum atomic E-state index is 9.68. The highest BCUT2D eigenvalue weighted by Gasteiger charge is 2.28. The van der Waals surface area contributed by atoms with Crippen LogP contribution in [0.2, 0.25) is 0 Å². The molecule has 0 amide bonds. The van der Waals surface area contributed by atoms with Crippen molar-refractivity contribution in [2.45, 2.75) is 19.8 Å². The second-order valence-corrected chi connectivity index (χ2v) is 7.19. The molecule has 0 unspecified atom stereocenters. The molecule has 2 heterocycles. The first-order chi connectivity index (χ1) is 13.1. The van der Waals surface area contributed by atoms with Gasteiger partial charge in [0.05, 0.1) is 35.9 Å². The summed E-state index contributed by atoms with van der Waals surface area (Å²) in [6.45, 7) is 18.7. The highest BCUT2D eigenvalue weighted by molar-refractivity contribution is 7.18. The number of nitriles is 2. The Morgan fingerprint density at radius 2 is 1.78 bits per heavy atom. The van der Waals surface area contributed by atoms with Crippen molar-refractivity contribution in [1.82, 2.24) is 0 Å². The first-order valence-electron chi connectivity index (χ1n) is 8.43. The molecule has 2 aromatic rings. The summed E-state index contributed by atoms with van der Waals surface area (Å²) in [6, 6.07) is 11.6. The van der Waals surface area contributed by atoms with E-state index in [9.17, 15) is 10.5 Å². The van der Waals surface area contributed by atoms with Gasteiger partial charge in [-0.2, -0.15) is 5.26 Å². The minimum absolute atomic E-state index is 0.0448. The molecule has 3 rings (SSSR count). The predicted octanol–water partition coefficient (Wildman–Crippen LogP) is 5.55. The van der Waals surface area contributed by atoms with Crippen molar-refractivity contribution in [3.8, 4) is 23.3 Å². The van der Waals surface area contributed by atoms with Gasteiger partial charge >= 0.3 is 0 Å². The lowest BCUT2D eigenvalue weighted by molar-refractivity contribution is 0.949. The number of hydrogen-bond acceptors (Lipinski definition) is 4. The van der Waals surface area contributed by atoms with Gasteiger partial charge in [0.15, 0.2) is 0 Å². The first kappa shape index (κ1) is 18.2. The second-order valence-electron chi connectivity index (χ2n) is 6.19. The van der Waals surface area contributed by atoms with Crippen molar-refractivity contribution in [3.05, 3.63) is 63.2 Å². The van der Waals surface area contributed by atoms with E-state index in [0.29, 0.717) is 16.1 Å². The summed E-state index contributed by atoms with van der Waals surface area (Å²) in [5, 5.41) is 19.8. The molecule has 0 aliphatic carbocycles. The second kappa shape index (κ2) is 7.76. The first-order valence-corrected chi connectivity index (χ1v) is 9.24. The zero-order valence-corrected chi connectivity index (χ0v) is 15.6. The molecule has 6 heteroatoms. The molecular weight excluding hydrogens is 354 g/mol. The van der Waals surface area contributed by atoms with E-state index in [1.807, 2.05) is 43.3 Å². The van der Waals surface area contributed by atoms with Gasteiger partial charge < -0.3 is 4.90 Å². The molecule has 0 N–H and O–H groups in total. The summed E-state index contributed by atoms with van der Waals surface area (Å²) in [7, 11) is 0. The van der Waals surface area contributed by atoms with Crippen molar-refractivity contribution in [3.63, 3.8) is 0 Å². The van der Waals surface area contributed by atoms with Gasteiger partial charge in [0, 0.05) is 23.5 Å². The van der Waals surface area contributed by atoms with E-state index in [0.717, 1.165) is 42.1 Å². The van der Waals surface area contributed by atoms with E-state index >= 15 is 0 Å². The van der Waals surface area contributed by atoms with Gasteiger partial charge in [0.2, 0.25) is 5.69 Å². The normalized spacial score (nSPS) is 13.9. The average molecular weight is 369 g/mol. The Morgan fingerprint density at radius 1 is 1.11 bits per heavy atom. The van der Waals surface area contributed by atoms with Crippen LogP contribution in [0.25, 0.3) is 26.4 Å². The van der Waals surface area contributed by atoms with Crippen molar-refractivity contribution in [2.75, 3.05) is 18.0 Å². The number of thiophene rings is 1. The summed E-state index contributed by atoms with van der Waals surface area (Å²) in [5.41, 5.74) is 2.86. The average Bonchev–Trinajstić information content (AvgIpc) is 3.34. The third kappa shape index (κ3) is 3.28. The fraction of sp³-hybridized carbons (Fsp3) is 0.238. The van der Waals surface area contributed by atoms with Crippen molar-refractivity contribution >= 4 is 27.6 Å². The van der Waals surface area contributed by atoms with Crippen LogP contribution in [0.15, 0.2) is 30.0 Å². The molecule has 0 bridgehead atoms. The van der Waals surface area contributed by atoms with Gasteiger partial charge in [-0.25, -0.2) is 15.0 Å². The van der Waals surface area contributed by atoms with E-state index in [4.69, 9.17) is 13.1 Å². The van der Waals surface area contributed by atoms with E-state index in [2.05, 4.69) is 14.6 Å². The van der Waals surface area contributed by atoms with Crippen LogP contribution in [0.1, 0.15) is 23.3 Å². The third-order valence-corrected chi connectivity index (χ3v) is 5.76. The number of benzene rings is 1. The number of anilines is 1. The van der Waals surface area contributed by atoms with E-state index in [1.165, 1.54) is 11.3 Å². The molecule has 1 aliphatic rings. The van der Waals surface area contributed by atoms with Gasteiger partial charge in [-0.3, -0.25) is 0 Å². The Bertz CT molecular complexity index is 1060. The number of hydrogen-bond donors (Lipinski definition) is 0. The van der Waals surface area contributed by atoms with Crippen LogP contribution < -0.4 is 4.90 Å². The molecule has 1 fully saturated rings. The van der Waals surface area contributed by atoms with E-state index in [1.54, 1.807) is 0 Å². The zero-order chi connectivity index (χ0) is 19.4. The molecule has 27 heavy (non-hydrogen) atoms. The summed E-state index contributed by atoms with van der Waals surface area (Å²) in [6.07, 6.45) is 2.13. The molecule has 130 valence electrons. The third-order valence-electron chi connectivity index (χ3n) is 4.50. The zero-order valence-electron chi connectivity index (χ0n) is 14.8. The number of allylic oxidation sites excluding steroid dienone is 2. The van der Waals surface area contributed by atoms with Crippen LogP contribution in [0.3, 0.4) is 0 Å². The smallest absolute Gasteiger partial charge is 0.280 e. The Balaban J connectivity index is 2.36. The van der Waals surface area contributed by atoms with Gasteiger partial charge in [-0.05, 0) is 25.3 Å². The highest BCUT2D eigenvalue weighted by atomic mass is 32.1. The molecular formula is C21H15N5S. The largest absolute Gasteiger partial charge is 0.372 e. The van der Waals surface area contributed by atoms with Crippen molar-refractivity contribution < 1.29 is 0 Å². The summed E-state index contributed by atoms with van der Waals surface area (Å²) in [4.78, 5) is 9.71. The number of rotatable bonds is 3. The van der Waals surface area contributed by atoms with Crippen LogP contribution >= 0.6 is 11.3 Å². The molecule has 1 aromatic heterocycles. The van der Waals surface area contributed by atoms with Crippen LogP contribution in [-0.2, 0) is 0 Å². The Labute approximate surface area is 162 Å². The fourth-order valence-electron chi connectivity index (χ4n) is 3.16. The van der Waals surface area contributed by atoms with Crippen LogP contribution in [-0.4, -0.2) is 13.1 Å².